The van der Waals surface area contributed by atoms with Gasteiger partial charge in [-0.05, 0) is 29.8 Å². The van der Waals surface area contributed by atoms with Crippen LogP contribution in [0.2, 0.25) is 5.02 Å². The molecular weight excluding hydrogens is 282 g/mol. The van der Waals surface area contributed by atoms with Crippen molar-refractivity contribution in [2.24, 2.45) is 0 Å². The van der Waals surface area contributed by atoms with Crippen molar-refractivity contribution in [1.29, 1.82) is 0 Å². The highest BCUT2D eigenvalue weighted by Crippen LogP contribution is 2.25. The summed E-state index contributed by atoms with van der Waals surface area (Å²) >= 11 is 6.14. The summed E-state index contributed by atoms with van der Waals surface area (Å²) in [6, 6.07) is 5.46. The summed E-state index contributed by atoms with van der Waals surface area (Å²) in [6.45, 7) is 2.99. The average Bonchev–Trinajstić information content (AvgIpc) is 2.46. The summed E-state index contributed by atoms with van der Waals surface area (Å²) in [5.41, 5.74) is 1.60. The van der Waals surface area contributed by atoms with Gasteiger partial charge in [-0.1, -0.05) is 17.7 Å². The third-order valence-electron chi connectivity index (χ3n) is 2.99. The summed E-state index contributed by atoms with van der Waals surface area (Å²) < 4.78 is 5.28. The van der Waals surface area contributed by atoms with Crippen LogP contribution in [0.15, 0.2) is 24.3 Å². The van der Waals surface area contributed by atoms with Crippen molar-refractivity contribution < 1.29 is 19.4 Å². The molecule has 1 aromatic rings. The van der Waals surface area contributed by atoms with Crippen LogP contribution in [-0.4, -0.2) is 43.2 Å². The second kappa shape index (κ2) is 6.54. The van der Waals surface area contributed by atoms with Crippen molar-refractivity contribution in [3.8, 4) is 0 Å². The molecule has 1 N–H and O–H groups in total. The van der Waals surface area contributed by atoms with E-state index in [1.807, 2.05) is 6.07 Å². The Labute approximate surface area is 121 Å². The van der Waals surface area contributed by atoms with Crippen molar-refractivity contribution in [3.05, 3.63) is 34.9 Å². The predicted molar refractivity (Wildman–Crippen MR) is 76.2 cm³/mol. The van der Waals surface area contributed by atoms with Gasteiger partial charge < -0.3 is 14.7 Å². The Hall–Kier alpha value is -1.85. The molecule has 1 saturated heterocycles. The molecule has 0 aliphatic carbocycles. The third-order valence-corrected chi connectivity index (χ3v) is 3.31. The number of benzene rings is 1. The van der Waals surface area contributed by atoms with Crippen LogP contribution in [-0.2, 0) is 14.3 Å². The predicted octanol–water partition coefficient (Wildman–Crippen LogP) is 1.84. The number of nitrogens with zero attached hydrogens (tertiary/aromatic N) is 1. The number of hydrogen-bond acceptors (Lipinski definition) is 4. The summed E-state index contributed by atoms with van der Waals surface area (Å²) in [5.74, 6) is -2.46. The molecule has 0 radical (unpaired) electrons. The van der Waals surface area contributed by atoms with Crippen LogP contribution in [0.25, 0.3) is 6.08 Å². The van der Waals surface area contributed by atoms with Gasteiger partial charge in [0.25, 0.3) is 5.78 Å². The van der Waals surface area contributed by atoms with E-state index in [2.05, 4.69) is 4.90 Å². The molecule has 0 aromatic heterocycles. The lowest BCUT2D eigenvalue weighted by atomic mass is 10.1. The van der Waals surface area contributed by atoms with E-state index in [1.54, 1.807) is 12.1 Å². The minimum Gasteiger partial charge on any atom is -0.475 e. The number of carbonyl (C=O) groups excluding carboxylic acids is 1. The first-order valence-electron chi connectivity index (χ1n) is 6.15. The Morgan fingerprint density at radius 2 is 2.00 bits per heavy atom. The fraction of sp³-hybridized carbons (Fsp3) is 0.286. The molecule has 0 bridgehead atoms. The number of morpholine rings is 1. The van der Waals surface area contributed by atoms with E-state index in [0.717, 1.165) is 24.9 Å². The van der Waals surface area contributed by atoms with Crippen molar-refractivity contribution in [1.82, 2.24) is 0 Å². The highest BCUT2D eigenvalue weighted by molar-refractivity contribution is 6.38. The van der Waals surface area contributed by atoms with Gasteiger partial charge in [-0.3, -0.25) is 4.79 Å². The minimum atomic E-state index is -1.48. The molecule has 6 heteroatoms. The molecule has 0 amide bonds. The third kappa shape index (κ3) is 3.59. The number of carboxylic acids is 1. The minimum absolute atomic E-state index is 0.475. The van der Waals surface area contributed by atoms with Crippen LogP contribution < -0.4 is 4.90 Å². The van der Waals surface area contributed by atoms with Gasteiger partial charge >= 0.3 is 5.97 Å². The zero-order chi connectivity index (χ0) is 14.5. The highest BCUT2D eigenvalue weighted by atomic mass is 35.5. The molecule has 20 heavy (non-hydrogen) atoms. The van der Waals surface area contributed by atoms with E-state index in [9.17, 15) is 9.59 Å². The number of anilines is 1. The summed E-state index contributed by atoms with van der Waals surface area (Å²) in [5, 5.41) is 8.97. The van der Waals surface area contributed by atoms with Crippen molar-refractivity contribution in [2.45, 2.75) is 0 Å². The van der Waals surface area contributed by atoms with Gasteiger partial charge in [0.2, 0.25) is 0 Å². The number of aliphatic carboxylic acids is 1. The Kier molecular flexibility index (Phi) is 4.76. The normalized spacial score (nSPS) is 15.6. The number of rotatable bonds is 4. The van der Waals surface area contributed by atoms with E-state index >= 15 is 0 Å². The Bertz CT molecular complexity index is 550. The summed E-state index contributed by atoms with van der Waals surface area (Å²) in [7, 11) is 0. The quantitative estimate of drug-likeness (QED) is 0.678. The maximum absolute atomic E-state index is 11.0. The fourth-order valence-electron chi connectivity index (χ4n) is 1.91. The first-order chi connectivity index (χ1) is 9.58. The van der Waals surface area contributed by atoms with E-state index in [4.69, 9.17) is 21.4 Å². The molecule has 1 fully saturated rings. The molecule has 0 spiro atoms. The maximum atomic E-state index is 11.0. The van der Waals surface area contributed by atoms with Crippen LogP contribution in [0, 0.1) is 0 Å². The molecule has 1 aliphatic rings. The SMILES string of the molecule is O=C(O)C(=O)C=Cc1ccc(N2CCOCC2)cc1Cl. The maximum Gasteiger partial charge on any atom is 0.376 e. The lowest BCUT2D eigenvalue weighted by molar-refractivity contribution is -0.146. The second-order valence-corrected chi connectivity index (χ2v) is 4.72. The number of carboxylic acid groups (broad SMARTS) is 1. The number of ketones is 1. The number of hydrogen-bond donors (Lipinski definition) is 1. The molecule has 0 unspecified atom stereocenters. The number of halogens is 1. The highest BCUT2D eigenvalue weighted by Gasteiger charge is 2.12. The van der Waals surface area contributed by atoms with Crippen LogP contribution >= 0.6 is 11.6 Å². The van der Waals surface area contributed by atoms with Crippen molar-refractivity contribution in [2.75, 3.05) is 31.2 Å². The zero-order valence-corrected chi connectivity index (χ0v) is 11.5. The van der Waals surface area contributed by atoms with Crippen molar-refractivity contribution >= 4 is 35.1 Å². The topological polar surface area (TPSA) is 66.8 Å². The van der Waals surface area contributed by atoms with Gasteiger partial charge in [0.1, 0.15) is 0 Å². The summed E-state index contributed by atoms with van der Waals surface area (Å²) in [4.78, 5) is 23.6. The Morgan fingerprint density at radius 1 is 1.30 bits per heavy atom. The molecule has 0 atom stereocenters. The zero-order valence-electron chi connectivity index (χ0n) is 10.7. The Balaban J connectivity index is 2.13. The first-order valence-corrected chi connectivity index (χ1v) is 6.53. The molecule has 1 aromatic carbocycles. The lowest BCUT2D eigenvalue weighted by Crippen LogP contribution is -2.36. The van der Waals surface area contributed by atoms with E-state index in [0.29, 0.717) is 23.8 Å². The largest absolute Gasteiger partial charge is 0.475 e. The average molecular weight is 296 g/mol. The van der Waals surface area contributed by atoms with E-state index in [1.165, 1.54) is 6.08 Å². The van der Waals surface area contributed by atoms with Crippen LogP contribution in [0.4, 0.5) is 5.69 Å². The van der Waals surface area contributed by atoms with Crippen LogP contribution in [0.3, 0.4) is 0 Å². The monoisotopic (exact) mass is 295 g/mol. The van der Waals surface area contributed by atoms with Gasteiger partial charge in [-0.15, -0.1) is 0 Å². The van der Waals surface area contributed by atoms with Gasteiger partial charge in [-0.2, -0.15) is 0 Å². The van der Waals surface area contributed by atoms with Gasteiger partial charge in [0.15, 0.2) is 0 Å². The molecule has 2 rings (SSSR count). The van der Waals surface area contributed by atoms with Crippen LogP contribution in [0.1, 0.15) is 5.56 Å². The van der Waals surface area contributed by atoms with Gasteiger partial charge in [-0.25, -0.2) is 4.79 Å². The summed E-state index contributed by atoms with van der Waals surface area (Å²) in [6.07, 6.45) is 2.40. The molecule has 1 aliphatic heterocycles. The molecule has 106 valence electrons. The number of carbonyl (C=O) groups is 2. The first kappa shape index (κ1) is 14.6. The molecular formula is C14H14ClNO4. The molecule has 5 nitrogen and oxygen atoms in total. The van der Waals surface area contributed by atoms with Crippen LogP contribution in [0.5, 0.6) is 0 Å². The fourth-order valence-corrected chi connectivity index (χ4v) is 2.14. The van der Waals surface area contributed by atoms with Crippen molar-refractivity contribution in [3.63, 3.8) is 0 Å². The standard InChI is InChI=1S/C14H14ClNO4/c15-12-9-11(16-5-7-20-8-6-16)3-1-10(12)2-4-13(17)14(18)19/h1-4,9H,5-8H2,(H,18,19). The van der Waals surface area contributed by atoms with Gasteiger partial charge in [0.05, 0.1) is 13.2 Å². The second-order valence-electron chi connectivity index (χ2n) is 4.31. The van der Waals surface area contributed by atoms with Gasteiger partial charge in [0, 0.05) is 23.8 Å². The number of ether oxygens (including phenoxy) is 1. The Morgan fingerprint density at radius 3 is 2.60 bits per heavy atom. The van der Waals surface area contributed by atoms with E-state index in [-0.39, 0.29) is 0 Å². The lowest BCUT2D eigenvalue weighted by Gasteiger charge is -2.29. The smallest absolute Gasteiger partial charge is 0.376 e. The molecule has 1 heterocycles. The molecule has 0 saturated carbocycles. The van der Waals surface area contributed by atoms with E-state index < -0.39 is 11.8 Å².